The van der Waals surface area contributed by atoms with E-state index >= 15 is 0 Å². The van der Waals surface area contributed by atoms with Gasteiger partial charge in [-0.3, -0.25) is 4.79 Å². The van der Waals surface area contributed by atoms with Gasteiger partial charge in [-0.2, -0.15) is 5.26 Å². The Hall–Kier alpha value is -3.71. The molecule has 0 aliphatic carbocycles. The number of hydrogen-bond acceptors (Lipinski definition) is 3. The first-order valence-corrected chi connectivity index (χ1v) is 9.05. The molecule has 0 saturated carbocycles. The number of aryl methyl sites for hydroxylation is 3. The second kappa shape index (κ2) is 6.79. The zero-order valence-electron chi connectivity index (χ0n) is 16.0. The summed E-state index contributed by atoms with van der Waals surface area (Å²) in [6, 6.07) is 17.9. The fourth-order valence-electron chi connectivity index (χ4n) is 3.97. The number of aldehydes is 1. The van der Waals surface area contributed by atoms with Gasteiger partial charge < -0.3 is 4.57 Å². The minimum absolute atomic E-state index is 0.658. The molecule has 1 heterocycles. The minimum Gasteiger partial charge on any atom is -0.333 e. The Morgan fingerprint density at radius 1 is 1.04 bits per heavy atom. The lowest BCUT2D eigenvalue weighted by molar-refractivity contribution is 0.112. The molecule has 1 aromatic heterocycles. The van der Waals surface area contributed by atoms with Crippen molar-refractivity contribution < 1.29 is 4.79 Å². The molecule has 4 aromatic rings. The number of benzene rings is 3. The number of fused-ring (bicyclic) bond motifs is 1. The van der Waals surface area contributed by atoms with Crippen LogP contribution in [0.15, 0.2) is 54.9 Å². The van der Waals surface area contributed by atoms with Crippen molar-refractivity contribution in [2.24, 2.45) is 7.05 Å². The van der Waals surface area contributed by atoms with Gasteiger partial charge in [0.05, 0.1) is 29.3 Å². The Balaban J connectivity index is 2.04. The van der Waals surface area contributed by atoms with E-state index in [1.807, 2.05) is 80.3 Å². The van der Waals surface area contributed by atoms with Crippen molar-refractivity contribution in [2.45, 2.75) is 13.8 Å². The van der Waals surface area contributed by atoms with Gasteiger partial charge in [-0.25, -0.2) is 4.98 Å². The lowest BCUT2D eigenvalue weighted by Crippen LogP contribution is -1.97. The van der Waals surface area contributed by atoms with E-state index in [1.165, 1.54) is 0 Å². The van der Waals surface area contributed by atoms with Crippen molar-refractivity contribution in [3.05, 3.63) is 77.1 Å². The number of imidazole rings is 1. The van der Waals surface area contributed by atoms with Gasteiger partial charge in [0.1, 0.15) is 6.29 Å². The lowest BCUT2D eigenvalue weighted by Gasteiger charge is -2.14. The number of nitrogens with zero attached hydrogens (tertiary/aromatic N) is 3. The third kappa shape index (κ3) is 2.69. The summed E-state index contributed by atoms with van der Waals surface area (Å²) in [6.45, 7) is 4.01. The van der Waals surface area contributed by atoms with Crippen molar-refractivity contribution in [2.75, 3.05) is 0 Å². The van der Waals surface area contributed by atoms with Gasteiger partial charge in [0.2, 0.25) is 0 Å². The largest absolute Gasteiger partial charge is 0.333 e. The van der Waals surface area contributed by atoms with Crippen LogP contribution in [0.3, 0.4) is 0 Å². The molecular formula is C24H19N3O. The van der Waals surface area contributed by atoms with Crippen LogP contribution < -0.4 is 0 Å². The van der Waals surface area contributed by atoms with Crippen LogP contribution in [0.4, 0.5) is 0 Å². The molecule has 4 nitrogen and oxygen atoms in total. The van der Waals surface area contributed by atoms with Crippen LogP contribution in [0, 0.1) is 25.2 Å². The van der Waals surface area contributed by atoms with E-state index in [4.69, 9.17) is 4.98 Å². The molecule has 4 rings (SSSR count). The smallest absolute Gasteiger partial charge is 0.150 e. The SMILES string of the molecule is Cc1cc(C=O)cc(C)c1-c1ncn(C)c1-c1ccc(C#N)c2ccccc12. The monoisotopic (exact) mass is 365 g/mol. The summed E-state index contributed by atoms with van der Waals surface area (Å²) < 4.78 is 2.01. The molecule has 136 valence electrons. The first-order valence-electron chi connectivity index (χ1n) is 9.05. The van der Waals surface area contributed by atoms with Crippen LogP contribution in [0.2, 0.25) is 0 Å². The van der Waals surface area contributed by atoms with Crippen molar-refractivity contribution in [1.82, 2.24) is 9.55 Å². The molecule has 0 unspecified atom stereocenters. The first-order chi connectivity index (χ1) is 13.5. The van der Waals surface area contributed by atoms with E-state index in [0.29, 0.717) is 11.1 Å². The Labute approximate surface area is 163 Å². The lowest BCUT2D eigenvalue weighted by atomic mass is 9.92. The molecule has 0 radical (unpaired) electrons. The van der Waals surface area contributed by atoms with Crippen molar-refractivity contribution >= 4 is 17.1 Å². The second-order valence-electron chi connectivity index (χ2n) is 7.02. The minimum atomic E-state index is 0.658. The Bertz CT molecular complexity index is 1250. The van der Waals surface area contributed by atoms with Crippen LogP contribution in [-0.2, 0) is 7.05 Å². The molecule has 0 atom stereocenters. The molecule has 0 spiro atoms. The van der Waals surface area contributed by atoms with Gasteiger partial charge >= 0.3 is 0 Å². The van der Waals surface area contributed by atoms with E-state index in [9.17, 15) is 10.1 Å². The zero-order chi connectivity index (χ0) is 19.8. The molecule has 28 heavy (non-hydrogen) atoms. The molecule has 0 aliphatic rings. The highest BCUT2D eigenvalue weighted by atomic mass is 16.1. The molecule has 3 aromatic carbocycles. The number of nitriles is 1. The van der Waals surface area contributed by atoms with Gasteiger partial charge in [-0.15, -0.1) is 0 Å². The zero-order valence-corrected chi connectivity index (χ0v) is 16.0. The fraction of sp³-hybridized carbons (Fsp3) is 0.125. The molecule has 0 fully saturated rings. The maximum absolute atomic E-state index is 11.2. The summed E-state index contributed by atoms with van der Waals surface area (Å²) in [5.74, 6) is 0. The van der Waals surface area contributed by atoms with Crippen LogP contribution >= 0.6 is 0 Å². The third-order valence-corrected chi connectivity index (χ3v) is 5.16. The summed E-state index contributed by atoms with van der Waals surface area (Å²) in [7, 11) is 1.98. The number of hydrogen-bond donors (Lipinski definition) is 0. The third-order valence-electron chi connectivity index (χ3n) is 5.16. The van der Waals surface area contributed by atoms with E-state index < -0.39 is 0 Å². The molecule has 0 N–H and O–H groups in total. The van der Waals surface area contributed by atoms with Gasteiger partial charge in [-0.1, -0.05) is 30.3 Å². The van der Waals surface area contributed by atoms with Crippen molar-refractivity contribution in [3.8, 4) is 28.6 Å². The molecule has 0 aliphatic heterocycles. The normalized spacial score (nSPS) is 10.8. The predicted molar refractivity (Wildman–Crippen MR) is 111 cm³/mol. The van der Waals surface area contributed by atoms with Crippen molar-refractivity contribution in [3.63, 3.8) is 0 Å². The summed E-state index contributed by atoms with van der Waals surface area (Å²) in [5.41, 5.74) is 7.29. The van der Waals surface area contributed by atoms with Gasteiger partial charge in [0.15, 0.2) is 0 Å². The summed E-state index contributed by atoms with van der Waals surface area (Å²) >= 11 is 0. The van der Waals surface area contributed by atoms with E-state index in [0.717, 1.165) is 50.7 Å². The molecule has 4 heteroatoms. The Morgan fingerprint density at radius 2 is 1.71 bits per heavy atom. The average molecular weight is 365 g/mol. The van der Waals surface area contributed by atoms with Crippen LogP contribution in [0.1, 0.15) is 27.0 Å². The van der Waals surface area contributed by atoms with Crippen LogP contribution in [0.5, 0.6) is 0 Å². The van der Waals surface area contributed by atoms with E-state index in [2.05, 4.69) is 6.07 Å². The first kappa shape index (κ1) is 17.7. The van der Waals surface area contributed by atoms with Gasteiger partial charge in [0.25, 0.3) is 0 Å². The number of aromatic nitrogens is 2. The quantitative estimate of drug-likeness (QED) is 0.468. The summed E-state index contributed by atoms with van der Waals surface area (Å²) in [4.78, 5) is 15.9. The predicted octanol–water partition coefficient (Wildman–Crippen LogP) is 5.21. The molecular weight excluding hydrogens is 346 g/mol. The van der Waals surface area contributed by atoms with Crippen LogP contribution in [-0.4, -0.2) is 15.8 Å². The van der Waals surface area contributed by atoms with Crippen LogP contribution in [0.25, 0.3) is 33.3 Å². The maximum Gasteiger partial charge on any atom is 0.150 e. The number of carbonyl (C=O) groups is 1. The highest BCUT2D eigenvalue weighted by Crippen LogP contribution is 2.38. The van der Waals surface area contributed by atoms with E-state index in [1.54, 1.807) is 0 Å². The topological polar surface area (TPSA) is 58.7 Å². The molecule has 0 amide bonds. The number of carbonyl (C=O) groups excluding carboxylic acids is 1. The second-order valence-corrected chi connectivity index (χ2v) is 7.02. The Morgan fingerprint density at radius 3 is 2.36 bits per heavy atom. The fourth-order valence-corrected chi connectivity index (χ4v) is 3.97. The molecule has 0 bridgehead atoms. The summed E-state index contributed by atoms with van der Waals surface area (Å²) in [5, 5.41) is 11.4. The summed E-state index contributed by atoms with van der Waals surface area (Å²) in [6.07, 6.45) is 2.68. The average Bonchev–Trinajstić information content (AvgIpc) is 3.07. The van der Waals surface area contributed by atoms with Gasteiger partial charge in [-0.05, 0) is 48.6 Å². The Kier molecular flexibility index (Phi) is 4.29. The van der Waals surface area contributed by atoms with Crippen molar-refractivity contribution in [1.29, 1.82) is 5.26 Å². The highest BCUT2D eigenvalue weighted by Gasteiger charge is 2.19. The standard InChI is InChI=1S/C24H19N3O/c1-15-10-17(13-28)11-16(2)22(15)23-24(27(3)14-26-23)21-9-8-18(12-25)19-6-4-5-7-20(19)21/h4-11,13-14H,1-3H3. The van der Waals surface area contributed by atoms with Gasteiger partial charge in [0, 0.05) is 29.1 Å². The highest BCUT2D eigenvalue weighted by molar-refractivity contribution is 6.01. The number of rotatable bonds is 3. The van der Waals surface area contributed by atoms with E-state index in [-0.39, 0.29) is 0 Å². The maximum atomic E-state index is 11.2. The molecule has 0 saturated heterocycles.